The molecular weight excluding hydrogens is 356 g/mol. The summed E-state index contributed by atoms with van der Waals surface area (Å²) in [6.07, 6.45) is 14.0. The molecule has 1 fully saturated rings. The lowest BCUT2D eigenvalue weighted by atomic mass is 9.72. The van der Waals surface area contributed by atoms with Crippen LogP contribution < -0.4 is 0 Å². The Bertz CT molecular complexity index is 353. The van der Waals surface area contributed by atoms with Gasteiger partial charge >= 0.3 is 5.97 Å². The number of esters is 1. The molecule has 23 heavy (non-hydrogen) atoms. The average molecular weight is 389 g/mol. The van der Waals surface area contributed by atoms with Gasteiger partial charge in [-0.1, -0.05) is 73.7 Å². The normalized spacial score (nSPS) is 24.5. The molecule has 1 aliphatic carbocycles. The maximum Gasteiger partial charge on any atom is 0.319 e. The number of ether oxygens (including phenoxy) is 1. The Kier molecular flexibility index (Phi) is 10.8. The van der Waals surface area contributed by atoms with Crippen molar-refractivity contribution in [1.29, 1.82) is 0 Å². The third-order valence-corrected chi connectivity index (χ3v) is 5.67. The van der Waals surface area contributed by atoms with Crippen LogP contribution in [-0.4, -0.2) is 24.2 Å². The van der Waals surface area contributed by atoms with Gasteiger partial charge in [0.2, 0.25) is 0 Å². The van der Waals surface area contributed by atoms with E-state index in [-0.39, 0.29) is 11.8 Å². The third-order valence-electron chi connectivity index (χ3n) is 5.10. The van der Waals surface area contributed by atoms with Crippen LogP contribution in [0.25, 0.3) is 0 Å². The van der Waals surface area contributed by atoms with E-state index in [1.54, 1.807) is 0 Å². The van der Waals surface area contributed by atoms with E-state index in [4.69, 9.17) is 4.74 Å². The Morgan fingerprint density at radius 1 is 1.00 bits per heavy atom. The van der Waals surface area contributed by atoms with Crippen molar-refractivity contribution < 1.29 is 14.3 Å². The summed E-state index contributed by atoms with van der Waals surface area (Å²) in [6, 6.07) is 0. The molecule has 0 aromatic carbocycles. The zero-order valence-corrected chi connectivity index (χ0v) is 16.3. The highest BCUT2D eigenvalue weighted by Crippen LogP contribution is 2.36. The summed E-state index contributed by atoms with van der Waals surface area (Å²) in [5, 5.41) is 0.978. The van der Waals surface area contributed by atoms with Crippen LogP contribution in [0.5, 0.6) is 0 Å². The van der Waals surface area contributed by atoms with Crippen molar-refractivity contribution in [2.45, 2.75) is 89.9 Å². The second-order valence-electron chi connectivity index (χ2n) is 6.82. The summed E-state index contributed by atoms with van der Waals surface area (Å²) >= 11 is 3.44. The number of hydrogen-bond donors (Lipinski definition) is 0. The molecular formula is C19H33BrO3. The summed E-state index contributed by atoms with van der Waals surface area (Å²) < 4.78 is 5.08. The topological polar surface area (TPSA) is 43.4 Å². The highest BCUT2D eigenvalue weighted by Gasteiger charge is 2.44. The monoisotopic (exact) mass is 388 g/mol. The molecule has 0 radical (unpaired) electrons. The number of Topliss-reactive ketones (excluding diaryl/α,β-unsaturated/α-hetero) is 1. The maximum atomic E-state index is 12.9. The summed E-state index contributed by atoms with van der Waals surface area (Å²) in [5.74, 6) is -0.165. The van der Waals surface area contributed by atoms with E-state index in [0.717, 1.165) is 50.3 Å². The van der Waals surface area contributed by atoms with Gasteiger partial charge in [0.25, 0.3) is 0 Å². The number of ketones is 1. The van der Waals surface area contributed by atoms with Crippen LogP contribution in [0, 0.1) is 5.41 Å². The van der Waals surface area contributed by atoms with E-state index in [1.807, 2.05) is 0 Å². The first-order chi connectivity index (χ1) is 11.2. The van der Waals surface area contributed by atoms with E-state index >= 15 is 0 Å². The highest BCUT2D eigenvalue weighted by atomic mass is 79.9. The number of carbonyl (C=O) groups excluding carboxylic acids is 2. The van der Waals surface area contributed by atoms with E-state index in [1.165, 1.54) is 32.8 Å². The van der Waals surface area contributed by atoms with Crippen LogP contribution in [0.15, 0.2) is 0 Å². The summed E-state index contributed by atoms with van der Waals surface area (Å²) in [4.78, 5) is 25.4. The number of halogens is 1. The van der Waals surface area contributed by atoms with Gasteiger partial charge in [-0.2, -0.15) is 0 Å². The van der Waals surface area contributed by atoms with E-state index in [9.17, 15) is 9.59 Å². The largest absolute Gasteiger partial charge is 0.468 e. The molecule has 1 aliphatic rings. The van der Waals surface area contributed by atoms with Crippen molar-refractivity contribution in [3.8, 4) is 0 Å². The van der Waals surface area contributed by atoms with Gasteiger partial charge in [-0.25, -0.2) is 0 Å². The van der Waals surface area contributed by atoms with Crippen molar-refractivity contribution >= 4 is 27.7 Å². The first kappa shape index (κ1) is 20.7. The van der Waals surface area contributed by atoms with Gasteiger partial charge in [-0.15, -0.1) is 0 Å². The fraction of sp³-hybridized carbons (Fsp3) is 0.895. The molecule has 1 atom stereocenters. The zero-order valence-electron chi connectivity index (χ0n) is 14.7. The smallest absolute Gasteiger partial charge is 0.319 e. The van der Waals surface area contributed by atoms with Crippen molar-refractivity contribution in [3.05, 3.63) is 0 Å². The number of alkyl halides is 1. The minimum atomic E-state index is -0.875. The van der Waals surface area contributed by atoms with Crippen LogP contribution in [0.4, 0.5) is 0 Å². The molecule has 0 bridgehead atoms. The summed E-state index contributed by atoms with van der Waals surface area (Å²) in [7, 11) is 1.42. The van der Waals surface area contributed by atoms with Crippen LogP contribution in [0.1, 0.15) is 89.9 Å². The molecule has 0 N–H and O–H groups in total. The zero-order chi connectivity index (χ0) is 17.0. The Hall–Kier alpha value is -0.380. The van der Waals surface area contributed by atoms with E-state index < -0.39 is 5.41 Å². The molecule has 134 valence electrons. The SMILES string of the molecule is COC(=O)[C@@]1(CCCCCBr)CCCCCCCCCCC1=O. The molecule has 4 heteroatoms. The standard InChI is InChI=1S/C19H33BrO3/c1-23-18(22)19(15-11-8-12-16-20)14-10-7-5-3-2-4-6-9-13-17(19)21/h2-16H2,1H3/t19-/m1/s1. The fourth-order valence-corrected chi connectivity index (χ4v) is 4.02. The van der Waals surface area contributed by atoms with Gasteiger partial charge in [0.1, 0.15) is 11.2 Å². The molecule has 0 unspecified atom stereocenters. The molecule has 0 spiro atoms. The van der Waals surface area contributed by atoms with Gasteiger partial charge < -0.3 is 4.74 Å². The average Bonchev–Trinajstić information content (AvgIpc) is 2.56. The number of unbranched alkanes of at least 4 members (excludes halogenated alkanes) is 2. The molecule has 0 heterocycles. The van der Waals surface area contributed by atoms with Gasteiger partial charge in [0.15, 0.2) is 0 Å². The van der Waals surface area contributed by atoms with Crippen LogP contribution in [0.2, 0.25) is 0 Å². The number of hydrogen-bond acceptors (Lipinski definition) is 3. The lowest BCUT2D eigenvalue weighted by Gasteiger charge is -2.30. The molecule has 3 nitrogen and oxygen atoms in total. The number of rotatable bonds is 6. The minimum Gasteiger partial charge on any atom is -0.468 e. The molecule has 0 aromatic rings. The van der Waals surface area contributed by atoms with Gasteiger partial charge in [-0.05, 0) is 25.7 Å². The van der Waals surface area contributed by atoms with Crippen molar-refractivity contribution in [2.24, 2.45) is 5.41 Å². The predicted octanol–water partition coefficient (Wildman–Crippen LogP) is 5.58. The third kappa shape index (κ3) is 6.94. The predicted molar refractivity (Wildman–Crippen MR) is 97.9 cm³/mol. The Morgan fingerprint density at radius 2 is 1.61 bits per heavy atom. The lowest BCUT2D eigenvalue weighted by Crippen LogP contribution is -2.40. The van der Waals surface area contributed by atoms with Crippen LogP contribution in [-0.2, 0) is 14.3 Å². The fourth-order valence-electron chi connectivity index (χ4n) is 3.63. The minimum absolute atomic E-state index is 0.128. The molecule has 0 aliphatic heterocycles. The van der Waals surface area contributed by atoms with Gasteiger partial charge in [0, 0.05) is 11.8 Å². The lowest BCUT2D eigenvalue weighted by molar-refractivity contribution is -0.159. The molecule has 1 saturated carbocycles. The number of carbonyl (C=O) groups is 2. The van der Waals surface area contributed by atoms with Gasteiger partial charge in [0.05, 0.1) is 7.11 Å². The Labute approximate surface area is 150 Å². The second kappa shape index (κ2) is 12.0. The van der Waals surface area contributed by atoms with Gasteiger partial charge in [-0.3, -0.25) is 9.59 Å². The van der Waals surface area contributed by atoms with Crippen molar-refractivity contribution in [2.75, 3.05) is 12.4 Å². The summed E-state index contributed by atoms with van der Waals surface area (Å²) in [5.41, 5.74) is -0.875. The quantitative estimate of drug-likeness (QED) is 0.258. The highest BCUT2D eigenvalue weighted by molar-refractivity contribution is 9.09. The Balaban J connectivity index is 2.81. The molecule has 0 aromatic heterocycles. The molecule has 1 rings (SSSR count). The summed E-state index contributed by atoms with van der Waals surface area (Å²) in [6.45, 7) is 0. The van der Waals surface area contributed by atoms with E-state index in [0.29, 0.717) is 19.3 Å². The molecule has 0 saturated heterocycles. The van der Waals surface area contributed by atoms with Crippen LogP contribution >= 0.6 is 15.9 Å². The van der Waals surface area contributed by atoms with Crippen molar-refractivity contribution in [1.82, 2.24) is 0 Å². The second-order valence-corrected chi connectivity index (χ2v) is 7.62. The first-order valence-electron chi connectivity index (χ1n) is 9.35. The van der Waals surface area contributed by atoms with Crippen LogP contribution in [0.3, 0.4) is 0 Å². The Morgan fingerprint density at radius 3 is 2.22 bits per heavy atom. The maximum absolute atomic E-state index is 12.9. The van der Waals surface area contributed by atoms with Crippen molar-refractivity contribution in [3.63, 3.8) is 0 Å². The van der Waals surface area contributed by atoms with E-state index in [2.05, 4.69) is 15.9 Å². The molecule has 0 amide bonds. The first-order valence-corrected chi connectivity index (χ1v) is 10.5. The number of methoxy groups -OCH3 is 1.